The van der Waals surface area contributed by atoms with Gasteiger partial charge in [0, 0.05) is 28.1 Å². The summed E-state index contributed by atoms with van der Waals surface area (Å²) in [6.07, 6.45) is 0. The first kappa shape index (κ1) is 13.7. The van der Waals surface area contributed by atoms with Crippen molar-refractivity contribution in [3.63, 3.8) is 0 Å². The van der Waals surface area contributed by atoms with Crippen molar-refractivity contribution in [3.8, 4) is 0 Å². The Morgan fingerprint density at radius 2 is 1.94 bits per heavy atom. The maximum atomic E-state index is 2.42. The summed E-state index contributed by atoms with van der Waals surface area (Å²) < 4.78 is 0. The molecule has 0 aliphatic carbocycles. The van der Waals surface area contributed by atoms with Crippen molar-refractivity contribution in [2.75, 3.05) is 19.3 Å². The molecule has 0 saturated carbocycles. The SMILES string of the molecule is CC(c1cccs1)N(C)CCSc1ccccc1. The molecule has 2 rings (SSSR count). The molecule has 1 nitrogen and oxygen atoms in total. The van der Waals surface area contributed by atoms with Crippen LogP contribution in [0.4, 0.5) is 0 Å². The average Bonchev–Trinajstić information content (AvgIpc) is 2.93. The zero-order valence-electron chi connectivity index (χ0n) is 10.9. The second-order valence-electron chi connectivity index (χ2n) is 4.33. The number of nitrogens with zero attached hydrogens (tertiary/aromatic N) is 1. The zero-order chi connectivity index (χ0) is 12.8. The molecule has 0 N–H and O–H groups in total. The third kappa shape index (κ3) is 3.87. The molecule has 96 valence electrons. The van der Waals surface area contributed by atoms with Crippen molar-refractivity contribution >= 4 is 23.1 Å². The monoisotopic (exact) mass is 277 g/mol. The van der Waals surface area contributed by atoms with Crippen LogP contribution in [0.2, 0.25) is 0 Å². The molecule has 0 fully saturated rings. The highest BCUT2D eigenvalue weighted by molar-refractivity contribution is 7.99. The number of rotatable bonds is 6. The summed E-state index contributed by atoms with van der Waals surface area (Å²) in [5.74, 6) is 1.14. The summed E-state index contributed by atoms with van der Waals surface area (Å²) in [6.45, 7) is 3.39. The molecule has 1 aromatic carbocycles. The first-order valence-electron chi connectivity index (χ1n) is 6.19. The minimum atomic E-state index is 0.515. The highest BCUT2D eigenvalue weighted by atomic mass is 32.2. The molecule has 3 heteroatoms. The molecule has 0 radical (unpaired) electrons. The van der Waals surface area contributed by atoms with Gasteiger partial charge in [-0.3, -0.25) is 4.90 Å². The quantitative estimate of drug-likeness (QED) is 0.714. The van der Waals surface area contributed by atoms with E-state index in [1.165, 1.54) is 9.77 Å². The van der Waals surface area contributed by atoms with Crippen LogP contribution in [0.5, 0.6) is 0 Å². The Labute approximate surface area is 118 Å². The molecule has 0 aliphatic rings. The second kappa shape index (κ2) is 6.98. The van der Waals surface area contributed by atoms with Gasteiger partial charge in [-0.05, 0) is 37.6 Å². The number of hydrogen-bond donors (Lipinski definition) is 0. The van der Waals surface area contributed by atoms with Crippen molar-refractivity contribution in [3.05, 3.63) is 52.7 Å². The van der Waals surface area contributed by atoms with Crippen LogP contribution >= 0.6 is 23.1 Å². The van der Waals surface area contributed by atoms with Crippen molar-refractivity contribution < 1.29 is 0 Å². The number of hydrogen-bond acceptors (Lipinski definition) is 3. The third-order valence-corrected chi connectivity index (χ3v) is 5.11. The van der Waals surface area contributed by atoms with E-state index in [2.05, 4.69) is 66.7 Å². The van der Waals surface area contributed by atoms with Gasteiger partial charge in [-0.25, -0.2) is 0 Å². The van der Waals surface area contributed by atoms with Crippen LogP contribution in [-0.4, -0.2) is 24.2 Å². The summed E-state index contributed by atoms with van der Waals surface area (Å²) >= 11 is 3.77. The summed E-state index contributed by atoms with van der Waals surface area (Å²) in [4.78, 5) is 5.22. The lowest BCUT2D eigenvalue weighted by Crippen LogP contribution is -2.24. The van der Waals surface area contributed by atoms with Gasteiger partial charge in [-0.15, -0.1) is 23.1 Å². The largest absolute Gasteiger partial charge is 0.298 e. The maximum absolute atomic E-state index is 2.42. The molecule has 0 bridgehead atoms. The first-order chi connectivity index (χ1) is 8.77. The predicted molar refractivity (Wildman–Crippen MR) is 82.5 cm³/mol. The molecule has 0 saturated heterocycles. The van der Waals surface area contributed by atoms with Crippen molar-refractivity contribution in [2.45, 2.75) is 17.9 Å². The Bertz CT molecular complexity index is 439. The zero-order valence-corrected chi connectivity index (χ0v) is 12.5. The highest BCUT2D eigenvalue weighted by Crippen LogP contribution is 2.24. The second-order valence-corrected chi connectivity index (χ2v) is 6.48. The van der Waals surface area contributed by atoms with Crippen LogP contribution in [0.15, 0.2) is 52.7 Å². The summed E-state index contributed by atoms with van der Waals surface area (Å²) in [7, 11) is 2.20. The van der Waals surface area contributed by atoms with Crippen LogP contribution in [-0.2, 0) is 0 Å². The maximum Gasteiger partial charge on any atom is 0.0410 e. The Morgan fingerprint density at radius 1 is 1.17 bits per heavy atom. The minimum absolute atomic E-state index is 0.515. The van der Waals surface area contributed by atoms with Crippen LogP contribution in [0, 0.1) is 0 Å². The first-order valence-corrected chi connectivity index (χ1v) is 8.05. The summed E-state index contributed by atoms with van der Waals surface area (Å²) in [6, 6.07) is 15.5. The van der Waals surface area contributed by atoms with E-state index in [1.54, 1.807) is 0 Å². The van der Waals surface area contributed by atoms with Crippen molar-refractivity contribution in [1.82, 2.24) is 4.90 Å². The minimum Gasteiger partial charge on any atom is -0.298 e. The number of benzene rings is 1. The molecule has 1 heterocycles. The van der Waals surface area contributed by atoms with Gasteiger partial charge in [-0.2, -0.15) is 0 Å². The number of thioether (sulfide) groups is 1. The molecule has 1 aromatic heterocycles. The van der Waals surface area contributed by atoms with Gasteiger partial charge in [0.2, 0.25) is 0 Å². The molecule has 2 aromatic rings. The fourth-order valence-corrected chi connectivity index (χ4v) is 3.58. The fraction of sp³-hybridized carbons (Fsp3) is 0.333. The molecule has 1 atom stereocenters. The van der Waals surface area contributed by atoms with E-state index in [1.807, 2.05) is 23.1 Å². The van der Waals surface area contributed by atoms with Gasteiger partial charge in [-0.1, -0.05) is 24.3 Å². The summed E-state index contributed by atoms with van der Waals surface area (Å²) in [5.41, 5.74) is 0. The van der Waals surface area contributed by atoms with Gasteiger partial charge in [0.05, 0.1) is 0 Å². The van der Waals surface area contributed by atoms with Crippen LogP contribution in [0.1, 0.15) is 17.8 Å². The molecular formula is C15H19NS2. The predicted octanol–water partition coefficient (Wildman–Crippen LogP) is 4.53. The Morgan fingerprint density at radius 3 is 2.61 bits per heavy atom. The number of thiophene rings is 1. The Balaban J connectivity index is 1.77. The molecule has 1 unspecified atom stereocenters. The van der Waals surface area contributed by atoms with E-state index in [0.29, 0.717) is 6.04 Å². The normalized spacial score (nSPS) is 12.8. The molecular weight excluding hydrogens is 258 g/mol. The van der Waals surface area contributed by atoms with Gasteiger partial charge < -0.3 is 0 Å². The van der Waals surface area contributed by atoms with Crippen LogP contribution in [0.3, 0.4) is 0 Å². The van der Waals surface area contributed by atoms with E-state index in [-0.39, 0.29) is 0 Å². The van der Waals surface area contributed by atoms with Gasteiger partial charge in [0.25, 0.3) is 0 Å². The van der Waals surface area contributed by atoms with E-state index in [9.17, 15) is 0 Å². The Hall–Kier alpha value is -0.770. The molecule has 18 heavy (non-hydrogen) atoms. The lowest BCUT2D eigenvalue weighted by Gasteiger charge is -2.23. The van der Waals surface area contributed by atoms with Crippen molar-refractivity contribution in [1.29, 1.82) is 0 Å². The molecule has 0 spiro atoms. The standard InChI is InChI=1S/C15H19NS2/c1-13(15-9-6-11-18-15)16(2)10-12-17-14-7-4-3-5-8-14/h3-9,11,13H,10,12H2,1-2H3. The Kier molecular flexibility index (Phi) is 5.29. The van der Waals surface area contributed by atoms with Gasteiger partial charge in [0.1, 0.15) is 0 Å². The van der Waals surface area contributed by atoms with E-state index < -0.39 is 0 Å². The van der Waals surface area contributed by atoms with Crippen molar-refractivity contribution in [2.24, 2.45) is 0 Å². The fourth-order valence-electron chi connectivity index (χ4n) is 1.76. The van der Waals surface area contributed by atoms with E-state index >= 15 is 0 Å². The van der Waals surface area contributed by atoms with Gasteiger partial charge in [0.15, 0.2) is 0 Å². The van der Waals surface area contributed by atoms with E-state index in [0.717, 1.165) is 12.3 Å². The molecule has 0 amide bonds. The molecule has 0 aliphatic heterocycles. The smallest absolute Gasteiger partial charge is 0.0410 e. The van der Waals surface area contributed by atoms with Gasteiger partial charge >= 0.3 is 0 Å². The van der Waals surface area contributed by atoms with Crippen LogP contribution < -0.4 is 0 Å². The third-order valence-electron chi connectivity index (χ3n) is 3.07. The lowest BCUT2D eigenvalue weighted by molar-refractivity contribution is 0.282. The topological polar surface area (TPSA) is 3.24 Å². The van der Waals surface area contributed by atoms with Crippen LogP contribution in [0.25, 0.3) is 0 Å². The average molecular weight is 277 g/mol. The lowest BCUT2D eigenvalue weighted by atomic mass is 10.2. The van der Waals surface area contributed by atoms with E-state index in [4.69, 9.17) is 0 Å². The summed E-state index contributed by atoms with van der Waals surface area (Å²) in [5, 5.41) is 2.15. The highest BCUT2D eigenvalue weighted by Gasteiger charge is 2.11.